The predicted molar refractivity (Wildman–Crippen MR) is 123 cm³/mol. The molecule has 6 nitrogen and oxygen atoms in total. The van der Waals surface area contributed by atoms with Gasteiger partial charge in [0.25, 0.3) is 11.8 Å². The smallest absolute Gasteiger partial charge is 0.284 e. The summed E-state index contributed by atoms with van der Waals surface area (Å²) in [5, 5.41) is 3.08. The van der Waals surface area contributed by atoms with Crippen LogP contribution < -0.4 is 20.0 Å². The van der Waals surface area contributed by atoms with E-state index in [1.165, 1.54) is 15.4 Å². The van der Waals surface area contributed by atoms with Gasteiger partial charge in [-0.25, -0.2) is 0 Å². The summed E-state index contributed by atoms with van der Waals surface area (Å²) in [5.74, 6) is 0.287. The zero-order valence-electron chi connectivity index (χ0n) is 18.6. The second-order valence-electron chi connectivity index (χ2n) is 8.73. The van der Waals surface area contributed by atoms with Crippen LogP contribution in [0.25, 0.3) is 0 Å². The Morgan fingerprint density at radius 3 is 2.52 bits per heavy atom. The summed E-state index contributed by atoms with van der Waals surface area (Å²) in [6, 6.07) is 16.2. The number of hydrogen-bond donors (Lipinski definition) is 3. The van der Waals surface area contributed by atoms with E-state index in [0.29, 0.717) is 6.54 Å². The van der Waals surface area contributed by atoms with E-state index in [9.17, 15) is 9.59 Å². The molecule has 2 aromatic carbocycles. The van der Waals surface area contributed by atoms with Crippen molar-refractivity contribution in [2.75, 3.05) is 49.5 Å². The number of nitrogens with one attached hydrogen (secondary N) is 3. The standard InChI is InChI=1S/C25H32N4O2/c1-3-20-8-4-6-10-22(20)26-24(30)18-27-14-16-28(17-15-27)19(2)25(31)29-13-12-21-9-5-7-11-23(21)29/h4-11,19H,3,12-18H2,1-2H3,(H,26,30)/p+2/t19-/m0/s1. The van der Waals surface area contributed by atoms with Crippen molar-refractivity contribution in [3.8, 4) is 0 Å². The van der Waals surface area contributed by atoms with E-state index in [4.69, 9.17) is 0 Å². The number of aryl methyl sites for hydroxylation is 1. The topological polar surface area (TPSA) is 58.3 Å². The van der Waals surface area contributed by atoms with Gasteiger partial charge in [-0.2, -0.15) is 0 Å². The summed E-state index contributed by atoms with van der Waals surface area (Å²) in [5.41, 5.74) is 4.43. The number of hydrogen-bond acceptors (Lipinski definition) is 2. The van der Waals surface area contributed by atoms with Crippen LogP contribution in [0, 0.1) is 0 Å². The zero-order valence-corrected chi connectivity index (χ0v) is 18.6. The third-order valence-corrected chi connectivity index (χ3v) is 6.82. The maximum Gasteiger partial charge on any atom is 0.284 e. The van der Waals surface area contributed by atoms with Gasteiger partial charge >= 0.3 is 0 Å². The maximum atomic E-state index is 13.2. The minimum atomic E-state index is -0.0574. The third-order valence-electron chi connectivity index (χ3n) is 6.82. The number of carbonyl (C=O) groups excluding carboxylic acids is 2. The third kappa shape index (κ3) is 4.81. The van der Waals surface area contributed by atoms with Crippen molar-refractivity contribution < 1.29 is 19.4 Å². The number of carbonyl (C=O) groups is 2. The lowest BCUT2D eigenvalue weighted by Gasteiger charge is -2.33. The van der Waals surface area contributed by atoms with E-state index in [1.807, 2.05) is 35.2 Å². The molecule has 0 unspecified atom stereocenters. The fraction of sp³-hybridized carbons (Fsp3) is 0.440. The van der Waals surface area contributed by atoms with E-state index < -0.39 is 0 Å². The monoisotopic (exact) mass is 422 g/mol. The zero-order chi connectivity index (χ0) is 21.8. The van der Waals surface area contributed by atoms with Crippen LogP contribution >= 0.6 is 0 Å². The Balaban J connectivity index is 1.27. The van der Waals surface area contributed by atoms with Crippen LogP contribution in [0.4, 0.5) is 11.4 Å². The highest BCUT2D eigenvalue weighted by molar-refractivity contribution is 5.98. The van der Waals surface area contributed by atoms with E-state index >= 15 is 0 Å². The molecular formula is C25H34N4O2+2. The summed E-state index contributed by atoms with van der Waals surface area (Å²) in [4.78, 5) is 30.3. The molecule has 0 radical (unpaired) electrons. The molecule has 2 aliphatic rings. The number of piperazine rings is 1. The Hall–Kier alpha value is -2.70. The number of amides is 2. The molecule has 0 saturated carbocycles. The SMILES string of the molecule is CCc1ccccc1NC(=O)C[NH+]1CC[NH+]([C@@H](C)C(=O)N2CCc3ccccc32)CC1. The molecular weight excluding hydrogens is 388 g/mol. The Labute approximate surface area is 184 Å². The van der Waals surface area contributed by atoms with Crippen molar-refractivity contribution in [3.05, 3.63) is 59.7 Å². The second kappa shape index (κ2) is 9.62. The number of anilines is 2. The van der Waals surface area contributed by atoms with E-state index in [0.717, 1.165) is 62.5 Å². The first-order chi connectivity index (χ1) is 15.1. The number of para-hydroxylation sites is 2. The van der Waals surface area contributed by atoms with Gasteiger partial charge in [0.1, 0.15) is 26.2 Å². The largest absolute Gasteiger partial charge is 0.321 e. The van der Waals surface area contributed by atoms with Crippen molar-refractivity contribution in [2.24, 2.45) is 0 Å². The molecule has 31 heavy (non-hydrogen) atoms. The van der Waals surface area contributed by atoms with Gasteiger partial charge in [0, 0.05) is 17.9 Å². The molecule has 1 fully saturated rings. The summed E-state index contributed by atoms with van der Waals surface area (Å²) >= 11 is 0. The molecule has 164 valence electrons. The summed E-state index contributed by atoms with van der Waals surface area (Å²) < 4.78 is 0. The molecule has 0 aliphatic carbocycles. The average Bonchev–Trinajstić information content (AvgIpc) is 3.23. The lowest BCUT2D eigenvalue weighted by molar-refractivity contribution is -1.01. The maximum absolute atomic E-state index is 13.2. The number of rotatable bonds is 6. The predicted octanol–water partition coefficient (Wildman–Crippen LogP) is -0.0513. The molecule has 0 bridgehead atoms. The Bertz CT molecular complexity index is 937. The van der Waals surface area contributed by atoms with E-state index in [2.05, 4.69) is 37.4 Å². The Morgan fingerprint density at radius 1 is 1.03 bits per heavy atom. The van der Waals surface area contributed by atoms with Gasteiger partial charge in [-0.1, -0.05) is 43.3 Å². The quantitative estimate of drug-likeness (QED) is 0.611. The molecule has 2 aliphatic heterocycles. The molecule has 1 atom stereocenters. The van der Waals surface area contributed by atoms with Crippen molar-refractivity contribution >= 4 is 23.2 Å². The minimum Gasteiger partial charge on any atom is -0.321 e. The lowest BCUT2D eigenvalue weighted by atomic mass is 10.1. The normalized spacial score (nSPS) is 21.4. The molecule has 2 aromatic rings. The number of benzene rings is 2. The van der Waals surface area contributed by atoms with Crippen LogP contribution in [0.3, 0.4) is 0 Å². The van der Waals surface area contributed by atoms with Crippen molar-refractivity contribution in [3.63, 3.8) is 0 Å². The molecule has 0 spiro atoms. The Kier molecular flexibility index (Phi) is 6.68. The van der Waals surface area contributed by atoms with Gasteiger partial charge in [0.2, 0.25) is 0 Å². The van der Waals surface area contributed by atoms with Gasteiger partial charge in [-0.3, -0.25) is 9.59 Å². The second-order valence-corrected chi connectivity index (χ2v) is 8.73. The average molecular weight is 423 g/mol. The van der Waals surface area contributed by atoms with Crippen LogP contribution in [-0.4, -0.2) is 57.1 Å². The molecule has 3 N–H and O–H groups in total. The highest BCUT2D eigenvalue weighted by Gasteiger charge is 2.36. The summed E-state index contributed by atoms with van der Waals surface area (Å²) in [6.07, 6.45) is 1.84. The summed E-state index contributed by atoms with van der Waals surface area (Å²) in [6.45, 7) is 9.06. The van der Waals surface area contributed by atoms with Crippen LogP contribution in [0.2, 0.25) is 0 Å². The van der Waals surface area contributed by atoms with Gasteiger partial charge in [0.05, 0.1) is 0 Å². The molecule has 1 saturated heterocycles. The van der Waals surface area contributed by atoms with Crippen LogP contribution in [0.5, 0.6) is 0 Å². The van der Waals surface area contributed by atoms with Crippen molar-refractivity contribution in [1.82, 2.24) is 0 Å². The van der Waals surface area contributed by atoms with Gasteiger partial charge < -0.3 is 20.0 Å². The Morgan fingerprint density at radius 2 is 1.74 bits per heavy atom. The highest BCUT2D eigenvalue weighted by Crippen LogP contribution is 2.27. The first-order valence-electron chi connectivity index (χ1n) is 11.5. The first kappa shape index (κ1) is 21.5. The highest BCUT2D eigenvalue weighted by atomic mass is 16.2. The van der Waals surface area contributed by atoms with Crippen LogP contribution in [-0.2, 0) is 22.4 Å². The molecule has 2 heterocycles. The van der Waals surface area contributed by atoms with Gasteiger partial charge in [0.15, 0.2) is 12.6 Å². The fourth-order valence-corrected chi connectivity index (χ4v) is 4.88. The number of fused-ring (bicyclic) bond motifs is 1. The molecule has 6 heteroatoms. The molecule has 0 aromatic heterocycles. The number of nitrogens with zero attached hydrogens (tertiary/aromatic N) is 1. The van der Waals surface area contributed by atoms with Crippen molar-refractivity contribution in [2.45, 2.75) is 32.7 Å². The number of quaternary nitrogens is 2. The van der Waals surface area contributed by atoms with Crippen LogP contribution in [0.1, 0.15) is 25.0 Å². The van der Waals surface area contributed by atoms with Gasteiger partial charge in [-0.15, -0.1) is 0 Å². The van der Waals surface area contributed by atoms with Crippen molar-refractivity contribution in [1.29, 1.82) is 0 Å². The first-order valence-corrected chi connectivity index (χ1v) is 11.5. The lowest BCUT2D eigenvalue weighted by Crippen LogP contribution is -3.30. The van der Waals surface area contributed by atoms with Gasteiger partial charge in [-0.05, 0) is 43.0 Å². The molecule has 4 rings (SSSR count). The van der Waals surface area contributed by atoms with E-state index in [1.54, 1.807) is 0 Å². The fourth-order valence-electron chi connectivity index (χ4n) is 4.88. The van der Waals surface area contributed by atoms with Crippen LogP contribution in [0.15, 0.2) is 48.5 Å². The van der Waals surface area contributed by atoms with E-state index in [-0.39, 0.29) is 17.9 Å². The minimum absolute atomic E-state index is 0.0574. The summed E-state index contributed by atoms with van der Waals surface area (Å²) in [7, 11) is 0. The molecule has 2 amide bonds.